The van der Waals surface area contributed by atoms with Gasteiger partial charge in [-0.2, -0.15) is 41.6 Å². The number of hydrogen-bond donors (Lipinski definition) is 0. The van der Waals surface area contributed by atoms with E-state index in [4.69, 9.17) is 17.0 Å². The van der Waals surface area contributed by atoms with Crippen LogP contribution in [0.25, 0.3) is 54.9 Å². The molecule has 56 heavy (non-hydrogen) atoms. The summed E-state index contributed by atoms with van der Waals surface area (Å²) >= 11 is -0.826. The van der Waals surface area contributed by atoms with Gasteiger partial charge in [-0.3, -0.25) is 0 Å². The van der Waals surface area contributed by atoms with Crippen LogP contribution in [0.1, 0.15) is 60.1 Å². The molecule has 0 fully saturated rings. The molecular weight excluding hydrogens is 815 g/mol. The molecule has 0 unspecified atom stereocenters. The molecule has 0 aliphatic carbocycles. The molecule has 1 aliphatic rings. The first-order valence-corrected chi connectivity index (χ1v) is 26.9. The van der Waals surface area contributed by atoms with E-state index in [2.05, 4.69) is 181 Å². The Morgan fingerprint density at radius 3 is 1.50 bits per heavy atom. The van der Waals surface area contributed by atoms with Crippen LogP contribution >= 0.6 is 17.0 Å². The summed E-state index contributed by atoms with van der Waals surface area (Å²) in [6, 6.07) is 54.1. The Morgan fingerprint density at radius 1 is 0.536 bits per heavy atom. The first-order valence-electron chi connectivity index (χ1n) is 19.6. The average molecular weight is 864 g/mol. The molecule has 0 saturated heterocycles. The molecule has 0 saturated carbocycles. The monoisotopic (exact) mass is 861 g/mol. The molecule has 0 spiro atoms. The summed E-state index contributed by atoms with van der Waals surface area (Å²) in [6.07, 6.45) is 4.74. The first kappa shape index (κ1) is 41.8. The van der Waals surface area contributed by atoms with E-state index in [9.17, 15) is 0 Å². The minimum absolute atomic E-state index is 0.795. The predicted molar refractivity (Wildman–Crippen MR) is 244 cm³/mol. The Balaban J connectivity index is 0.000000140. The number of hydrogen-bond acceptors (Lipinski definition) is 0. The number of benzene rings is 6. The van der Waals surface area contributed by atoms with Gasteiger partial charge in [0.1, 0.15) is 0 Å². The molecule has 282 valence electrons. The minimum atomic E-state index is -0.826. The number of aryl methyl sites for hydroxylation is 4. The normalized spacial score (nSPS) is 11.1. The summed E-state index contributed by atoms with van der Waals surface area (Å²) in [5.41, 5.74) is 16.6. The van der Waals surface area contributed by atoms with Gasteiger partial charge >= 0.3 is 37.9 Å². The summed E-state index contributed by atoms with van der Waals surface area (Å²) in [6.45, 7) is 13.3. The molecule has 4 heteroatoms. The topological polar surface area (TPSA) is 0 Å². The Hall–Kier alpha value is -3.78. The predicted octanol–water partition coefficient (Wildman–Crippen LogP) is 14.1. The molecule has 0 N–H and O–H groups in total. The van der Waals surface area contributed by atoms with E-state index in [0.29, 0.717) is 0 Å². The molecule has 1 heterocycles. The quantitative estimate of drug-likeness (QED) is 0.115. The molecule has 0 aromatic heterocycles. The van der Waals surface area contributed by atoms with Crippen LogP contribution in [-0.2, 0) is 33.7 Å². The maximum atomic E-state index is 4.93. The van der Waals surface area contributed by atoms with Gasteiger partial charge in [-0.1, -0.05) is 121 Å². The van der Waals surface area contributed by atoms with E-state index in [1.807, 2.05) is 6.07 Å². The van der Waals surface area contributed by atoms with Crippen molar-refractivity contribution in [1.82, 2.24) is 0 Å². The van der Waals surface area contributed by atoms with Crippen molar-refractivity contribution >= 4 is 58.5 Å². The van der Waals surface area contributed by atoms with Crippen LogP contribution in [0.15, 0.2) is 140 Å². The van der Waals surface area contributed by atoms with Crippen LogP contribution in [0.2, 0.25) is 0 Å². The van der Waals surface area contributed by atoms with Gasteiger partial charge in [-0.15, -0.1) is 74.6 Å². The van der Waals surface area contributed by atoms with Crippen LogP contribution in [-0.4, -0.2) is 9.52 Å². The molecule has 1 aliphatic heterocycles. The van der Waals surface area contributed by atoms with Crippen LogP contribution in [0.4, 0.5) is 0 Å². The van der Waals surface area contributed by atoms with Crippen molar-refractivity contribution in [2.45, 2.75) is 67.2 Å². The SMILES string of the molecule is CCCc1cc2c(-c3cccc(C)c3C)cccc2[cH-]1.CCCc1cc2c(-c3cccc(C)c3C)cccc2[cH-]1.[Cl][Zr][Cl].[c-]1cccc2c1[Si]c1ccccc1-2. The minimum Gasteiger partial charge on any atom is -0.184 e. The van der Waals surface area contributed by atoms with Gasteiger partial charge in [0.25, 0.3) is 0 Å². The van der Waals surface area contributed by atoms with Crippen molar-refractivity contribution < 1.29 is 20.8 Å². The Labute approximate surface area is 356 Å². The van der Waals surface area contributed by atoms with Gasteiger partial charge in [0, 0.05) is 0 Å². The fraction of sp³-hybridized carbons (Fsp3) is 0.192. The van der Waals surface area contributed by atoms with Crippen molar-refractivity contribution in [2.24, 2.45) is 0 Å². The molecule has 0 nitrogen and oxygen atoms in total. The first-order chi connectivity index (χ1) is 27.3. The Kier molecular flexibility index (Phi) is 15.0. The second-order valence-corrected chi connectivity index (χ2v) is 19.6. The maximum Gasteiger partial charge on any atom is 0.0920 e. The third kappa shape index (κ3) is 9.66. The van der Waals surface area contributed by atoms with Crippen LogP contribution in [0, 0.1) is 33.8 Å². The summed E-state index contributed by atoms with van der Waals surface area (Å²) in [4.78, 5) is 0. The van der Waals surface area contributed by atoms with Crippen LogP contribution in [0.5, 0.6) is 0 Å². The molecule has 0 amide bonds. The van der Waals surface area contributed by atoms with E-state index < -0.39 is 20.8 Å². The summed E-state index contributed by atoms with van der Waals surface area (Å²) in [5, 5.41) is 8.34. The number of rotatable bonds is 6. The fourth-order valence-corrected chi connectivity index (χ4v) is 9.05. The second kappa shape index (κ2) is 20.1. The van der Waals surface area contributed by atoms with Crippen molar-refractivity contribution in [3.05, 3.63) is 179 Å². The Bertz CT molecular complexity index is 2360. The molecule has 8 aromatic carbocycles. The van der Waals surface area contributed by atoms with Gasteiger partial charge in [0.15, 0.2) is 0 Å². The molecule has 2 radical (unpaired) electrons. The summed E-state index contributed by atoms with van der Waals surface area (Å²) in [7, 11) is 10.7. The third-order valence-corrected chi connectivity index (χ3v) is 12.2. The smallest absolute Gasteiger partial charge is 0.0920 e. The summed E-state index contributed by atoms with van der Waals surface area (Å²) in [5.74, 6) is 0. The molecule has 0 atom stereocenters. The van der Waals surface area contributed by atoms with Gasteiger partial charge in [-0.25, -0.2) is 0 Å². The van der Waals surface area contributed by atoms with Crippen molar-refractivity contribution in [3.63, 3.8) is 0 Å². The molecule has 8 aromatic rings. The Morgan fingerprint density at radius 2 is 0.982 bits per heavy atom. The van der Waals surface area contributed by atoms with E-state index in [1.165, 1.54) is 124 Å². The van der Waals surface area contributed by atoms with Gasteiger partial charge in [0.2, 0.25) is 0 Å². The van der Waals surface area contributed by atoms with Gasteiger partial charge in [0.05, 0.1) is 9.52 Å². The average Bonchev–Trinajstić information content (AvgIpc) is 3.93. The van der Waals surface area contributed by atoms with Gasteiger partial charge < -0.3 is 0 Å². The molecule has 0 bridgehead atoms. The van der Waals surface area contributed by atoms with E-state index in [0.717, 1.165) is 9.52 Å². The zero-order chi connectivity index (χ0) is 39.6. The fourth-order valence-electron chi connectivity index (χ4n) is 7.74. The number of fused-ring (bicyclic) bond motifs is 5. The molecule has 9 rings (SSSR count). The van der Waals surface area contributed by atoms with Crippen LogP contribution in [0.3, 0.4) is 0 Å². The standard InChI is InChI=1S/2C20H21.C12H7Si.2ClH.Zr/c2*1-4-7-16-12-17-9-6-11-19(20(17)13-16)18-10-5-8-14(2)15(18)3;1-3-7-11-9(5-1)10-6-2-4-8-12(10)13-11;;;/h2*5-6,8-13H,4,7H2,1-3H3;1-7H;2*1H;/q3*-1;;;+2/p-2. The zero-order valence-electron chi connectivity index (χ0n) is 33.4. The van der Waals surface area contributed by atoms with E-state index >= 15 is 0 Å². The second-order valence-electron chi connectivity index (χ2n) is 14.5. The van der Waals surface area contributed by atoms with Gasteiger partial charge in [-0.05, 0) is 73.9 Å². The van der Waals surface area contributed by atoms with Crippen molar-refractivity contribution in [2.75, 3.05) is 0 Å². The molecular formula is C52H49Cl2SiZr-3. The van der Waals surface area contributed by atoms with E-state index in [1.54, 1.807) is 0 Å². The van der Waals surface area contributed by atoms with E-state index in [-0.39, 0.29) is 0 Å². The largest absolute Gasteiger partial charge is 0.184 e. The van der Waals surface area contributed by atoms with Crippen molar-refractivity contribution in [3.8, 4) is 33.4 Å². The third-order valence-electron chi connectivity index (χ3n) is 10.8. The zero-order valence-corrected chi connectivity index (χ0v) is 38.3. The number of halogens is 2. The van der Waals surface area contributed by atoms with Crippen molar-refractivity contribution in [1.29, 1.82) is 0 Å². The maximum absolute atomic E-state index is 4.93. The van der Waals surface area contributed by atoms with Crippen LogP contribution < -0.4 is 10.4 Å². The summed E-state index contributed by atoms with van der Waals surface area (Å²) < 4.78 is 0.